The fourth-order valence-corrected chi connectivity index (χ4v) is 2.75. The minimum absolute atomic E-state index is 0.0710. The van der Waals surface area contributed by atoms with E-state index in [0.717, 1.165) is 0 Å². The lowest BCUT2D eigenvalue weighted by molar-refractivity contribution is -0.121. The van der Waals surface area contributed by atoms with E-state index in [9.17, 15) is 9.59 Å². The van der Waals surface area contributed by atoms with Gasteiger partial charge in [-0.3, -0.25) is 9.59 Å². The minimum atomic E-state index is -0.141. The molecule has 0 unspecified atom stereocenters. The molecule has 6 heteroatoms. The first-order valence-electron chi connectivity index (χ1n) is 9.49. The highest BCUT2D eigenvalue weighted by molar-refractivity contribution is 6.32. The van der Waals surface area contributed by atoms with Crippen molar-refractivity contribution in [2.45, 2.75) is 32.6 Å². The summed E-state index contributed by atoms with van der Waals surface area (Å²) in [5.74, 6) is 0.840. The van der Waals surface area contributed by atoms with Gasteiger partial charge in [0.1, 0.15) is 5.75 Å². The highest BCUT2D eigenvalue weighted by Crippen LogP contribution is 2.23. The van der Waals surface area contributed by atoms with Crippen molar-refractivity contribution in [2.24, 2.45) is 0 Å². The monoisotopic (exact) mass is 402 g/mol. The summed E-state index contributed by atoms with van der Waals surface area (Å²) < 4.78 is 5.55. The third-order valence-corrected chi connectivity index (χ3v) is 4.53. The summed E-state index contributed by atoms with van der Waals surface area (Å²) in [5.41, 5.74) is 1.81. The van der Waals surface area contributed by atoms with Crippen LogP contribution >= 0.6 is 11.6 Å². The van der Waals surface area contributed by atoms with Crippen LogP contribution < -0.4 is 15.4 Å². The van der Waals surface area contributed by atoms with Crippen molar-refractivity contribution in [2.75, 3.05) is 19.7 Å². The highest BCUT2D eigenvalue weighted by atomic mass is 35.5. The lowest BCUT2D eigenvalue weighted by atomic mass is 10.0. The van der Waals surface area contributed by atoms with E-state index in [4.69, 9.17) is 16.3 Å². The van der Waals surface area contributed by atoms with Gasteiger partial charge in [0, 0.05) is 25.1 Å². The van der Waals surface area contributed by atoms with Gasteiger partial charge in [0.15, 0.2) is 0 Å². The number of amides is 2. The molecule has 0 atom stereocenters. The number of hydrogen-bond donors (Lipinski definition) is 2. The van der Waals surface area contributed by atoms with Crippen LogP contribution in [0.4, 0.5) is 0 Å². The first-order chi connectivity index (χ1) is 13.5. The Morgan fingerprint density at radius 1 is 1.00 bits per heavy atom. The van der Waals surface area contributed by atoms with Crippen molar-refractivity contribution in [1.29, 1.82) is 0 Å². The van der Waals surface area contributed by atoms with Gasteiger partial charge < -0.3 is 15.4 Å². The number of ether oxygens (including phenoxy) is 1. The van der Waals surface area contributed by atoms with Crippen LogP contribution in [0.2, 0.25) is 5.02 Å². The number of para-hydroxylation sites is 1. The Morgan fingerprint density at radius 3 is 2.36 bits per heavy atom. The lowest BCUT2D eigenvalue weighted by Gasteiger charge is -2.09. The molecule has 0 aliphatic heterocycles. The van der Waals surface area contributed by atoms with Gasteiger partial charge in [0.2, 0.25) is 5.91 Å². The van der Waals surface area contributed by atoms with Crippen LogP contribution in [-0.2, 0) is 4.79 Å². The molecule has 2 N–H and O–H groups in total. The average molecular weight is 403 g/mol. The maximum absolute atomic E-state index is 12.1. The molecule has 2 amide bonds. The zero-order valence-electron chi connectivity index (χ0n) is 16.3. The maximum Gasteiger partial charge on any atom is 0.251 e. The van der Waals surface area contributed by atoms with Crippen LogP contribution in [0.5, 0.6) is 5.75 Å². The van der Waals surface area contributed by atoms with Gasteiger partial charge in [-0.2, -0.15) is 0 Å². The standard InChI is InChI=1S/C22H27ClN2O3/c1-16(2)17-9-11-18(12-10-17)22(27)25-14-13-24-21(26)8-5-15-28-20-7-4-3-6-19(20)23/h3-4,6-7,9-12,16H,5,8,13-15H2,1-2H3,(H,24,26)(H,25,27). The number of rotatable bonds is 10. The van der Waals surface area contributed by atoms with Crippen LogP contribution in [0.15, 0.2) is 48.5 Å². The van der Waals surface area contributed by atoms with Crippen molar-refractivity contribution in [3.8, 4) is 5.75 Å². The lowest BCUT2D eigenvalue weighted by Crippen LogP contribution is -2.34. The molecule has 0 heterocycles. The van der Waals surface area contributed by atoms with Crippen LogP contribution in [0, 0.1) is 0 Å². The number of carbonyl (C=O) groups is 2. The first-order valence-corrected chi connectivity index (χ1v) is 9.87. The smallest absolute Gasteiger partial charge is 0.251 e. The highest BCUT2D eigenvalue weighted by Gasteiger charge is 2.07. The van der Waals surface area contributed by atoms with Gasteiger partial charge in [0.05, 0.1) is 11.6 Å². The fraction of sp³-hybridized carbons (Fsp3) is 0.364. The molecule has 0 saturated carbocycles. The largest absolute Gasteiger partial charge is 0.492 e. The molecule has 5 nitrogen and oxygen atoms in total. The van der Waals surface area contributed by atoms with Crippen molar-refractivity contribution in [1.82, 2.24) is 10.6 Å². The molecule has 0 bridgehead atoms. The molecular formula is C22H27ClN2O3. The molecule has 0 saturated heterocycles. The fourth-order valence-electron chi connectivity index (χ4n) is 2.56. The molecule has 2 aromatic rings. The number of hydrogen-bond acceptors (Lipinski definition) is 3. The van der Waals surface area contributed by atoms with E-state index in [2.05, 4.69) is 24.5 Å². The Balaban J connectivity index is 1.58. The molecule has 0 aromatic heterocycles. The summed E-state index contributed by atoms with van der Waals surface area (Å²) in [7, 11) is 0. The second-order valence-electron chi connectivity index (χ2n) is 6.76. The van der Waals surface area contributed by atoms with E-state index >= 15 is 0 Å². The Morgan fingerprint density at radius 2 is 1.68 bits per heavy atom. The van der Waals surface area contributed by atoms with Crippen molar-refractivity contribution < 1.29 is 14.3 Å². The quantitative estimate of drug-likeness (QED) is 0.586. The van der Waals surface area contributed by atoms with E-state index in [1.165, 1.54) is 5.56 Å². The molecule has 2 rings (SSSR count). The van der Waals surface area contributed by atoms with Gasteiger partial charge in [0.25, 0.3) is 5.91 Å². The Labute approximate surface area is 171 Å². The number of nitrogens with one attached hydrogen (secondary N) is 2. The van der Waals surface area contributed by atoms with Crippen LogP contribution in [-0.4, -0.2) is 31.5 Å². The Hall–Kier alpha value is -2.53. The predicted molar refractivity (Wildman–Crippen MR) is 112 cm³/mol. The number of benzene rings is 2. The molecule has 28 heavy (non-hydrogen) atoms. The van der Waals surface area contributed by atoms with Gasteiger partial charge >= 0.3 is 0 Å². The normalized spacial score (nSPS) is 10.6. The second kappa shape index (κ2) is 11.3. The van der Waals surface area contributed by atoms with E-state index in [1.807, 2.05) is 36.4 Å². The third-order valence-electron chi connectivity index (χ3n) is 4.21. The molecule has 2 aromatic carbocycles. The summed E-state index contributed by atoms with van der Waals surface area (Å²) in [5, 5.41) is 6.15. The minimum Gasteiger partial charge on any atom is -0.492 e. The van der Waals surface area contributed by atoms with Gasteiger partial charge in [-0.25, -0.2) is 0 Å². The maximum atomic E-state index is 12.1. The van der Waals surface area contributed by atoms with Crippen LogP contribution in [0.25, 0.3) is 0 Å². The third kappa shape index (κ3) is 7.24. The van der Waals surface area contributed by atoms with Crippen LogP contribution in [0.1, 0.15) is 48.5 Å². The van der Waals surface area contributed by atoms with Gasteiger partial charge in [-0.1, -0.05) is 49.7 Å². The zero-order valence-corrected chi connectivity index (χ0v) is 17.1. The Bertz CT molecular complexity index is 776. The summed E-state index contributed by atoms with van der Waals surface area (Å²) in [6, 6.07) is 14.8. The SMILES string of the molecule is CC(C)c1ccc(C(=O)NCCNC(=O)CCCOc2ccccc2Cl)cc1. The molecule has 0 radical (unpaired) electrons. The van der Waals surface area contributed by atoms with Gasteiger partial charge in [-0.05, 0) is 42.2 Å². The summed E-state index contributed by atoms with van der Waals surface area (Å²) in [6.07, 6.45) is 0.945. The van der Waals surface area contributed by atoms with Crippen molar-refractivity contribution in [3.63, 3.8) is 0 Å². The van der Waals surface area contributed by atoms with E-state index < -0.39 is 0 Å². The van der Waals surface area contributed by atoms with E-state index in [1.54, 1.807) is 12.1 Å². The van der Waals surface area contributed by atoms with Crippen molar-refractivity contribution in [3.05, 3.63) is 64.7 Å². The molecule has 0 spiro atoms. The molecule has 0 aliphatic carbocycles. The molecular weight excluding hydrogens is 376 g/mol. The number of carbonyl (C=O) groups excluding carboxylic acids is 2. The number of halogens is 1. The second-order valence-corrected chi connectivity index (χ2v) is 7.17. The molecule has 150 valence electrons. The average Bonchev–Trinajstić information content (AvgIpc) is 2.69. The summed E-state index contributed by atoms with van der Waals surface area (Å²) in [6.45, 7) is 5.41. The van der Waals surface area contributed by atoms with E-state index in [0.29, 0.717) is 54.8 Å². The first kappa shape index (κ1) is 21.8. The van der Waals surface area contributed by atoms with Crippen molar-refractivity contribution >= 4 is 23.4 Å². The van der Waals surface area contributed by atoms with E-state index in [-0.39, 0.29) is 11.8 Å². The molecule has 0 fully saturated rings. The summed E-state index contributed by atoms with van der Waals surface area (Å²) >= 11 is 6.00. The van der Waals surface area contributed by atoms with Crippen LogP contribution in [0.3, 0.4) is 0 Å². The topological polar surface area (TPSA) is 67.4 Å². The zero-order chi connectivity index (χ0) is 20.4. The van der Waals surface area contributed by atoms with Gasteiger partial charge in [-0.15, -0.1) is 0 Å². The predicted octanol–water partition coefficient (Wildman–Crippen LogP) is 4.17. The Kier molecular flexibility index (Phi) is 8.82. The summed E-state index contributed by atoms with van der Waals surface area (Å²) in [4.78, 5) is 23.9. The molecule has 0 aliphatic rings.